The van der Waals surface area contributed by atoms with Crippen molar-refractivity contribution >= 4 is 17.8 Å². The molecule has 1 aromatic heterocycles. The zero-order valence-corrected chi connectivity index (χ0v) is 13.7. The molecule has 0 bridgehead atoms. The molecule has 0 fully saturated rings. The summed E-state index contributed by atoms with van der Waals surface area (Å²) < 4.78 is 14.2. The number of halogens is 1. The molecule has 1 heterocycles. The lowest BCUT2D eigenvalue weighted by atomic mass is 10.2. The van der Waals surface area contributed by atoms with Crippen LogP contribution in [0.4, 0.5) is 10.3 Å². The third-order valence-corrected chi connectivity index (χ3v) is 3.51. The SMILES string of the molecule is O=C(Cn1cnc(NC(=O)c2ccc(F)cc2)n1)NCc1ccccc1. The summed E-state index contributed by atoms with van der Waals surface area (Å²) in [6.07, 6.45) is 1.35. The fourth-order valence-corrected chi connectivity index (χ4v) is 2.20. The van der Waals surface area contributed by atoms with Crippen LogP contribution in [-0.4, -0.2) is 26.6 Å². The molecule has 0 aliphatic carbocycles. The summed E-state index contributed by atoms with van der Waals surface area (Å²) in [4.78, 5) is 27.9. The van der Waals surface area contributed by atoms with Crippen LogP contribution in [0.1, 0.15) is 15.9 Å². The Bertz CT molecular complexity index is 893. The Labute approximate surface area is 148 Å². The van der Waals surface area contributed by atoms with Gasteiger partial charge in [0, 0.05) is 12.1 Å². The molecular weight excluding hydrogens is 337 g/mol. The molecule has 0 radical (unpaired) electrons. The van der Waals surface area contributed by atoms with E-state index in [1.807, 2.05) is 30.3 Å². The fraction of sp³-hybridized carbons (Fsp3) is 0.111. The van der Waals surface area contributed by atoms with E-state index in [4.69, 9.17) is 0 Å². The Morgan fingerprint density at radius 1 is 1.04 bits per heavy atom. The van der Waals surface area contributed by atoms with E-state index < -0.39 is 11.7 Å². The maximum absolute atomic E-state index is 12.9. The molecule has 2 amide bonds. The quantitative estimate of drug-likeness (QED) is 0.709. The first-order valence-electron chi connectivity index (χ1n) is 7.87. The van der Waals surface area contributed by atoms with Gasteiger partial charge >= 0.3 is 0 Å². The summed E-state index contributed by atoms with van der Waals surface area (Å²) in [6, 6.07) is 14.6. The fourth-order valence-electron chi connectivity index (χ4n) is 2.20. The predicted octanol–water partition coefficient (Wildman–Crippen LogP) is 1.99. The first-order chi connectivity index (χ1) is 12.6. The molecule has 2 N–H and O–H groups in total. The highest BCUT2D eigenvalue weighted by atomic mass is 19.1. The first kappa shape index (κ1) is 17.3. The molecule has 0 aliphatic rings. The smallest absolute Gasteiger partial charge is 0.258 e. The third kappa shape index (κ3) is 4.73. The average molecular weight is 353 g/mol. The van der Waals surface area contributed by atoms with Gasteiger partial charge in [-0.1, -0.05) is 30.3 Å². The van der Waals surface area contributed by atoms with Crippen LogP contribution in [0.3, 0.4) is 0 Å². The van der Waals surface area contributed by atoms with Crippen molar-refractivity contribution in [3.63, 3.8) is 0 Å². The van der Waals surface area contributed by atoms with Gasteiger partial charge in [0.2, 0.25) is 11.9 Å². The first-order valence-corrected chi connectivity index (χ1v) is 7.87. The van der Waals surface area contributed by atoms with Gasteiger partial charge in [0.15, 0.2) is 0 Å². The van der Waals surface area contributed by atoms with Crippen molar-refractivity contribution in [1.29, 1.82) is 0 Å². The van der Waals surface area contributed by atoms with Gasteiger partial charge in [-0.15, -0.1) is 5.10 Å². The van der Waals surface area contributed by atoms with Crippen molar-refractivity contribution in [2.45, 2.75) is 13.1 Å². The molecule has 2 aromatic carbocycles. The summed E-state index contributed by atoms with van der Waals surface area (Å²) in [5, 5.41) is 9.30. The largest absolute Gasteiger partial charge is 0.350 e. The van der Waals surface area contributed by atoms with E-state index in [0.717, 1.165) is 5.56 Å². The van der Waals surface area contributed by atoms with Crippen molar-refractivity contribution in [2.24, 2.45) is 0 Å². The number of nitrogens with zero attached hydrogens (tertiary/aromatic N) is 3. The van der Waals surface area contributed by atoms with Gasteiger partial charge in [0.25, 0.3) is 5.91 Å². The second-order valence-corrected chi connectivity index (χ2v) is 5.49. The molecule has 26 heavy (non-hydrogen) atoms. The predicted molar refractivity (Wildman–Crippen MR) is 92.7 cm³/mol. The number of anilines is 1. The van der Waals surface area contributed by atoms with Gasteiger partial charge in [-0.2, -0.15) is 0 Å². The lowest BCUT2D eigenvalue weighted by Gasteiger charge is -2.05. The van der Waals surface area contributed by atoms with Crippen molar-refractivity contribution < 1.29 is 14.0 Å². The van der Waals surface area contributed by atoms with Crippen LogP contribution >= 0.6 is 0 Å². The molecule has 132 valence electrons. The summed E-state index contributed by atoms with van der Waals surface area (Å²) in [5.74, 6) is -1.05. The lowest BCUT2D eigenvalue weighted by molar-refractivity contribution is -0.122. The molecule has 8 heteroatoms. The molecule has 3 aromatic rings. The normalized spacial score (nSPS) is 10.3. The number of rotatable bonds is 6. The Balaban J connectivity index is 1.51. The number of hydrogen-bond acceptors (Lipinski definition) is 4. The van der Waals surface area contributed by atoms with E-state index in [1.165, 1.54) is 35.3 Å². The molecule has 0 saturated heterocycles. The molecule has 0 atom stereocenters. The van der Waals surface area contributed by atoms with Gasteiger partial charge in [0.1, 0.15) is 18.7 Å². The minimum Gasteiger partial charge on any atom is -0.350 e. The summed E-state index contributed by atoms with van der Waals surface area (Å²) in [7, 11) is 0. The van der Waals surface area contributed by atoms with Crippen LogP contribution in [-0.2, 0) is 17.9 Å². The second kappa shape index (κ2) is 8.02. The van der Waals surface area contributed by atoms with E-state index >= 15 is 0 Å². The minimum absolute atomic E-state index is 0.0216. The molecular formula is C18H16FN5O2. The summed E-state index contributed by atoms with van der Waals surface area (Å²) >= 11 is 0. The van der Waals surface area contributed by atoms with Gasteiger partial charge in [-0.05, 0) is 29.8 Å². The monoisotopic (exact) mass is 353 g/mol. The molecule has 0 saturated carbocycles. The summed E-state index contributed by atoms with van der Waals surface area (Å²) in [6.45, 7) is 0.398. The summed E-state index contributed by atoms with van der Waals surface area (Å²) in [5.41, 5.74) is 1.27. The highest BCUT2D eigenvalue weighted by Crippen LogP contribution is 2.06. The van der Waals surface area contributed by atoms with E-state index in [0.29, 0.717) is 6.54 Å². The number of amides is 2. The average Bonchev–Trinajstić information content (AvgIpc) is 3.08. The highest BCUT2D eigenvalue weighted by Gasteiger charge is 2.10. The molecule has 0 unspecified atom stereocenters. The number of carbonyl (C=O) groups is 2. The van der Waals surface area contributed by atoms with Crippen LogP contribution in [0.25, 0.3) is 0 Å². The molecule has 0 aliphatic heterocycles. The van der Waals surface area contributed by atoms with E-state index in [1.54, 1.807) is 0 Å². The molecule has 3 rings (SSSR count). The van der Waals surface area contributed by atoms with Crippen molar-refractivity contribution in [3.05, 3.63) is 77.9 Å². The van der Waals surface area contributed by atoms with E-state index in [9.17, 15) is 14.0 Å². The van der Waals surface area contributed by atoms with Crippen molar-refractivity contribution in [3.8, 4) is 0 Å². The standard InChI is InChI=1S/C18H16FN5O2/c19-15-8-6-14(7-9-15)17(26)22-18-21-12-24(23-18)11-16(25)20-10-13-4-2-1-3-5-13/h1-9,12H,10-11H2,(H,20,25)(H,22,23,26). The number of benzene rings is 2. The zero-order valence-electron chi connectivity index (χ0n) is 13.7. The Hall–Kier alpha value is -3.55. The van der Waals surface area contributed by atoms with Gasteiger partial charge in [-0.3, -0.25) is 14.9 Å². The van der Waals surface area contributed by atoms with Crippen LogP contribution in [0, 0.1) is 5.82 Å². The number of hydrogen-bond donors (Lipinski definition) is 2. The van der Waals surface area contributed by atoms with Crippen LogP contribution in [0.5, 0.6) is 0 Å². The number of carbonyl (C=O) groups excluding carboxylic acids is 2. The van der Waals surface area contributed by atoms with Crippen LogP contribution < -0.4 is 10.6 Å². The lowest BCUT2D eigenvalue weighted by Crippen LogP contribution is -2.27. The second-order valence-electron chi connectivity index (χ2n) is 5.49. The number of aromatic nitrogens is 3. The van der Waals surface area contributed by atoms with E-state index in [-0.39, 0.29) is 24.0 Å². The Morgan fingerprint density at radius 3 is 2.50 bits per heavy atom. The van der Waals surface area contributed by atoms with Crippen molar-refractivity contribution in [1.82, 2.24) is 20.1 Å². The molecule has 7 nitrogen and oxygen atoms in total. The maximum Gasteiger partial charge on any atom is 0.258 e. The van der Waals surface area contributed by atoms with Gasteiger partial charge in [-0.25, -0.2) is 14.1 Å². The highest BCUT2D eigenvalue weighted by molar-refractivity contribution is 6.03. The zero-order chi connectivity index (χ0) is 18.4. The minimum atomic E-state index is -0.462. The topological polar surface area (TPSA) is 88.9 Å². The molecule has 0 spiro atoms. The third-order valence-electron chi connectivity index (χ3n) is 3.51. The van der Waals surface area contributed by atoms with Crippen LogP contribution in [0.2, 0.25) is 0 Å². The van der Waals surface area contributed by atoms with Gasteiger partial charge in [0.05, 0.1) is 0 Å². The van der Waals surface area contributed by atoms with E-state index in [2.05, 4.69) is 20.7 Å². The van der Waals surface area contributed by atoms with Crippen LogP contribution in [0.15, 0.2) is 60.9 Å². The Morgan fingerprint density at radius 2 is 1.77 bits per heavy atom. The van der Waals surface area contributed by atoms with Gasteiger partial charge < -0.3 is 5.32 Å². The van der Waals surface area contributed by atoms with Crippen molar-refractivity contribution in [2.75, 3.05) is 5.32 Å². The Kier molecular flexibility index (Phi) is 5.33. The maximum atomic E-state index is 12.9. The number of nitrogens with one attached hydrogen (secondary N) is 2.